The predicted octanol–water partition coefficient (Wildman–Crippen LogP) is 1.88. The number of carbonyl (C=O) groups is 2. The molecule has 0 aliphatic carbocycles. The van der Waals surface area contributed by atoms with E-state index >= 15 is 0 Å². The van der Waals surface area contributed by atoms with Gasteiger partial charge in [-0.15, -0.1) is 0 Å². The van der Waals surface area contributed by atoms with E-state index in [1.54, 1.807) is 14.1 Å². The standard InChI is InChI=1S/C18H26N2O5S/c1-14(17(21)19(2)3)25-18(22)15-8-10-16(11-9-15)26(23,24)20-12-6-4-5-7-13-20/h8-11,14H,4-7,12-13H2,1-3H3/t14-/m1/s1. The summed E-state index contributed by atoms with van der Waals surface area (Å²) >= 11 is 0. The third-order valence-corrected chi connectivity index (χ3v) is 6.28. The second-order valence-electron chi connectivity index (χ2n) is 6.62. The molecule has 1 atom stereocenters. The van der Waals surface area contributed by atoms with Crippen molar-refractivity contribution in [2.24, 2.45) is 0 Å². The second kappa shape index (κ2) is 8.64. The molecule has 1 aliphatic rings. The first-order chi connectivity index (χ1) is 12.2. The van der Waals surface area contributed by atoms with Crippen molar-refractivity contribution in [3.05, 3.63) is 29.8 Å². The van der Waals surface area contributed by atoms with Crippen molar-refractivity contribution in [1.82, 2.24) is 9.21 Å². The van der Waals surface area contributed by atoms with Gasteiger partial charge in [-0.25, -0.2) is 13.2 Å². The Morgan fingerprint density at radius 1 is 1.04 bits per heavy atom. The van der Waals surface area contributed by atoms with Gasteiger partial charge in [0.1, 0.15) is 0 Å². The van der Waals surface area contributed by atoms with Crippen molar-refractivity contribution in [1.29, 1.82) is 0 Å². The molecule has 1 amide bonds. The molecule has 1 heterocycles. The Morgan fingerprint density at radius 3 is 2.08 bits per heavy atom. The van der Waals surface area contributed by atoms with Crippen LogP contribution in [0.25, 0.3) is 0 Å². The van der Waals surface area contributed by atoms with Crippen molar-refractivity contribution >= 4 is 21.9 Å². The van der Waals surface area contributed by atoms with Crippen molar-refractivity contribution in [2.75, 3.05) is 27.2 Å². The molecule has 1 fully saturated rings. The Hall–Kier alpha value is -1.93. The molecule has 1 aliphatic heterocycles. The van der Waals surface area contributed by atoms with Gasteiger partial charge >= 0.3 is 5.97 Å². The Morgan fingerprint density at radius 2 is 1.58 bits per heavy atom. The smallest absolute Gasteiger partial charge is 0.338 e. The summed E-state index contributed by atoms with van der Waals surface area (Å²) in [5.41, 5.74) is 0.207. The monoisotopic (exact) mass is 382 g/mol. The number of esters is 1. The lowest BCUT2D eigenvalue weighted by Crippen LogP contribution is -2.35. The predicted molar refractivity (Wildman–Crippen MR) is 97.2 cm³/mol. The molecule has 0 aromatic heterocycles. The molecule has 26 heavy (non-hydrogen) atoms. The molecule has 1 aromatic carbocycles. The number of carbonyl (C=O) groups excluding carboxylic acids is 2. The highest BCUT2D eigenvalue weighted by molar-refractivity contribution is 7.89. The fraction of sp³-hybridized carbons (Fsp3) is 0.556. The fourth-order valence-corrected chi connectivity index (χ4v) is 4.35. The molecular weight excluding hydrogens is 356 g/mol. The maximum absolute atomic E-state index is 12.7. The highest BCUT2D eigenvalue weighted by atomic mass is 32.2. The Balaban J connectivity index is 2.09. The molecule has 7 nitrogen and oxygen atoms in total. The molecule has 0 spiro atoms. The van der Waals surface area contributed by atoms with E-state index in [9.17, 15) is 18.0 Å². The number of hydrogen-bond donors (Lipinski definition) is 0. The summed E-state index contributed by atoms with van der Waals surface area (Å²) in [5, 5.41) is 0. The Labute approximate surface area is 155 Å². The average Bonchev–Trinajstić information content (AvgIpc) is 2.90. The summed E-state index contributed by atoms with van der Waals surface area (Å²) < 4.78 is 32.1. The maximum atomic E-state index is 12.7. The van der Waals surface area contributed by atoms with Gasteiger partial charge in [0.2, 0.25) is 10.0 Å². The average molecular weight is 382 g/mol. The minimum atomic E-state index is -3.56. The topological polar surface area (TPSA) is 84.0 Å². The van der Waals surface area contributed by atoms with E-state index in [0.717, 1.165) is 25.7 Å². The number of sulfonamides is 1. The van der Waals surface area contributed by atoms with Crippen LogP contribution in [0.4, 0.5) is 0 Å². The van der Waals surface area contributed by atoms with Crippen molar-refractivity contribution in [3.63, 3.8) is 0 Å². The highest BCUT2D eigenvalue weighted by Crippen LogP contribution is 2.21. The van der Waals surface area contributed by atoms with E-state index in [1.165, 1.54) is 40.4 Å². The summed E-state index contributed by atoms with van der Waals surface area (Å²) in [4.78, 5) is 25.4. The van der Waals surface area contributed by atoms with Gasteiger partial charge in [-0.05, 0) is 44.0 Å². The van der Waals surface area contributed by atoms with Gasteiger partial charge in [0.15, 0.2) is 6.10 Å². The van der Waals surface area contributed by atoms with Crippen molar-refractivity contribution < 1.29 is 22.7 Å². The van der Waals surface area contributed by atoms with Crippen LogP contribution in [0.2, 0.25) is 0 Å². The zero-order chi connectivity index (χ0) is 19.3. The number of ether oxygens (including phenoxy) is 1. The van der Waals surface area contributed by atoms with E-state index in [0.29, 0.717) is 13.1 Å². The van der Waals surface area contributed by atoms with Gasteiger partial charge in [-0.1, -0.05) is 12.8 Å². The minimum Gasteiger partial charge on any atom is -0.449 e. The van der Waals surface area contributed by atoms with Gasteiger partial charge in [0.05, 0.1) is 10.5 Å². The van der Waals surface area contributed by atoms with Crippen LogP contribution in [0.1, 0.15) is 43.0 Å². The Kier molecular flexibility index (Phi) is 6.77. The maximum Gasteiger partial charge on any atom is 0.338 e. The number of nitrogens with zero attached hydrogens (tertiary/aromatic N) is 2. The molecule has 0 radical (unpaired) electrons. The number of hydrogen-bond acceptors (Lipinski definition) is 5. The first-order valence-corrected chi connectivity index (χ1v) is 10.2. The van der Waals surface area contributed by atoms with E-state index in [4.69, 9.17) is 4.74 Å². The summed E-state index contributed by atoms with van der Waals surface area (Å²) in [6, 6.07) is 5.66. The fourth-order valence-electron chi connectivity index (χ4n) is 2.84. The Bertz CT molecular complexity index is 735. The van der Waals surface area contributed by atoms with Gasteiger partial charge in [-0.3, -0.25) is 4.79 Å². The summed E-state index contributed by atoms with van der Waals surface area (Å²) in [6.07, 6.45) is 2.91. The lowest BCUT2D eigenvalue weighted by Gasteiger charge is -2.20. The zero-order valence-electron chi connectivity index (χ0n) is 15.5. The van der Waals surface area contributed by atoms with Crippen LogP contribution in [0, 0.1) is 0 Å². The molecule has 0 unspecified atom stereocenters. The number of likely N-dealkylation sites (N-methyl/N-ethyl adjacent to an activating group) is 1. The summed E-state index contributed by atoms with van der Waals surface area (Å²) in [6.45, 7) is 2.55. The van der Waals surface area contributed by atoms with Crippen LogP contribution < -0.4 is 0 Å². The van der Waals surface area contributed by atoms with Crippen LogP contribution in [-0.4, -0.2) is 62.8 Å². The van der Waals surface area contributed by atoms with Crippen LogP contribution in [-0.2, 0) is 19.6 Å². The normalized spacial score (nSPS) is 17.2. The zero-order valence-corrected chi connectivity index (χ0v) is 16.3. The van der Waals surface area contributed by atoms with Crippen LogP contribution in [0.15, 0.2) is 29.2 Å². The van der Waals surface area contributed by atoms with Gasteiger partial charge in [0, 0.05) is 27.2 Å². The molecule has 1 saturated heterocycles. The molecule has 0 bridgehead atoms. The van der Waals surface area contributed by atoms with Crippen LogP contribution in [0.3, 0.4) is 0 Å². The first kappa shape index (κ1) is 20.4. The molecule has 2 rings (SSSR count). The van der Waals surface area contributed by atoms with E-state index < -0.39 is 22.1 Å². The van der Waals surface area contributed by atoms with E-state index in [-0.39, 0.29) is 16.4 Å². The molecular formula is C18H26N2O5S. The van der Waals surface area contributed by atoms with Gasteiger partial charge < -0.3 is 9.64 Å². The SMILES string of the molecule is C[C@@H](OC(=O)c1ccc(S(=O)(=O)N2CCCCCC2)cc1)C(=O)N(C)C. The lowest BCUT2D eigenvalue weighted by molar-refractivity contribution is -0.137. The number of amides is 1. The third kappa shape index (κ3) is 4.82. The molecule has 8 heteroatoms. The van der Waals surface area contributed by atoms with Crippen molar-refractivity contribution in [2.45, 2.75) is 43.6 Å². The molecule has 1 aromatic rings. The van der Waals surface area contributed by atoms with E-state index in [1.807, 2.05) is 0 Å². The summed E-state index contributed by atoms with van der Waals surface area (Å²) in [5.74, 6) is -0.981. The third-order valence-electron chi connectivity index (χ3n) is 4.37. The van der Waals surface area contributed by atoms with Gasteiger partial charge in [0.25, 0.3) is 5.91 Å². The number of rotatable bonds is 5. The van der Waals surface area contributed by atoms with E-state index in [2.05, 4.69) is 0 Å². The second-order valence-corrected chi connectivity index (χ2v) is 8.56. The lowest BCUT2D eigenvalue weighted by atomic mass is 10.2. The summed E-state index contributed by atoms with van der Waals surface area (Å²) in [7, 11) is -0.398. The molecule has 0 N–H and O–H groups in total. The first-order valence-electron chi connectivity index (χ1n) is 8.76. The quantitative estimate of drug-likeness (QED) is 0.726. The number of benzene rings is 1. The molecule has 144 valence electrons. The van der Waals surface area contributed by atoms with Crippen molar-refractivity contribution in [3.8, 4) is 0 Å². The highest BCUT2D eigenvalue weighted by Gasteiger charge is 2.26. The largest absolute Gasteiger partial charge is 0.449 e. The van der Waals surface area contributed by atoms with Crippen LogP contribution in [0.5, 0.6) is 0 Å². The molecule has 0 saturated carbocycles. The van der Waals surface area contributed by atoms with Gasteiger partial charge in [-0.2, -0.15) is 4.31 Å². The minimum absolute atomic E-state index is 0.161. The van der Waals surface area contributed by atoms with Crippen LogP contribution >= 0.6 is 0 Å².